The summed E-state index contributed by atoms with van der Waals surface area (Å²) in [6.07, 6.45) is 7.81. The van der Waals surface area contributed by atoms with Gasteiger partial charge in [-0.25, -0.2) is 18.1 Å². The van der Waals surface area contributed by atoms with Gasteiger partial charge in [0.25, 0.3) is 0 Å². The number of ether oxygens (including phenoxy) is 1. The Bertz CT molecular complexity index is 1010. The van der Waals surface area contributed by atoms with Gasteiger partial charge >= 0.3 is 0 Å². The molecule has 2 aliphatic rings. The van der Waals surface area contributed by atoms with Crippen LogP contribution in [0.5, 0.6) is 5.75 Å². The summed E-state index contributed by atoms with van der Waals surface area (Å²) in [6, 6.07) is 5.07. The van der Waals surface area contributed by atoms with E-state index in [1.165, 1.54) is 23.8 Å². The molecule has 2 saturated heterocycles. The van der Waals surface area contributed by atoms with Gasteiger partial charge < -0.3 is 10.1 Å². The largest absolute Gasteiger partial charge is 0.495 e. The lowest BCUT2D eigenvalue weighted by molar-refractivity contribution is -0.117. The number of likely N-dealkylation sites (tertiary alicyclic amines) is 1. The number of nitrogens with zero attached hydrogens (tertiary/aromatic N) is 5. The van der Waals surface area contributed by atoms with Crippen LogP contribution in [0.3, 0.4) is 0 Å². The van der Waals surface area contributed by atoms with Gasteiger partial charge in [0.15, 0.2) is 0 Å². The van der Waals surface area contributed by atoms with Gasteiger partial charge in [-0.1, -0.05) is 6.42 Å². The molecule has 0 radical (unpaired) electrons. The third-order valence-corrected chi connectivity index (χ3v) is 8.04. The molecule has 11 heteroatoms. The van der Waals surface area contributed by atoms with Crippen LogP contribution >= 0.6 is 0 Å². The number of amides is 1. The van der Waals surface area contributed by atoms with Crippen molar-refractivity contribution in [1.29, 1.82) is 0 Å². The first-order chi connectivity index (χ1) is 15.5. The average Bonchev–Trinajstić information content (AvgIpc) is 3.35. The Hall–Kier alpha value is -2.50. The summed E-state index contributed by atoms with van der Waals surface area (Å²) >= 11 is 0. The number of hydrogen-bond donors (Lipinski definition) is 1. The lowest BCUT2D eigenvalue weighted by Gasteiger charge is -2.31. The summed E-state index contributed by atoms with van der Waals surface area (Å²) in [4.78, 5) is 18.8. The molecule has 0 unspecified atom stereocenters. The second-order valence-electron chi connectivity index (χ2n) is 8.26. The molecule has 1 aromatic carbocycles. The molecule has 2 fully saturated rings. The maximum atomic E-state index is 13.2. The molecule has 1 aromatic heterocycles. The van der Waals surface area contributed by atoms with Gasteiger partial charge in [0.1, 0.15) is 23.3 Å². The predicted molar refractivity (Wildman–Crippen MR) is 119 cm³/mol. The zero-order valence-electron chi connectivity index (χ0n) is 18.3. The third-order valence-electron chi connectivity index (χ3n) is 6.12. The highest BCUT2D eigenvalue weighted by Crippen LogP contribution is 2.31. The van der Waals surface area contributed by atoms with Crippen molar-refractivity contribution in [3.63, 3.8) is 0 Å². The Labute approximate surface area is 188 Å². The number of sulfonamides is 1. The first-order valence-electron chi connectivity index (χ1n) is 11.0. The number of nitrogens with one attached hydrogen (secondary N) is 1. The van der Waals surface area contributed by atoms with E-state index < -0.39 is 10.0 Å². The second kappa shape index (κ2) is 9.97. The minimum Gasteiger partial charge on any atom is -0.495 e. The van der Waals surface area contributed by atoms with E-state index in [2.05, 4.69) is 20.3 Å². The molecule has 2 aromatic rings. The molecular weight excluding hydrogens is 432 g/mol. The van der Waals surface area contributed by atoms with Crippen molar-refractivity contribution in [3.8, 4) is 5.75 Å². The summed E-state index contributed by atoms with van der Waals surface area (Å²) in [5.41, 5.74) is 0.448. The number of carbonyl (C=O) groups is 1. The molecule has 32 heavy (non-hydrogen) atoms. The van der Waals surface area contributed by atoms with Crippen molar-refractivity contribution < 1.29 is 17.9 Å². The van der Waals surface area contributed by atoms with Crippen molar-refractivity contribution >= 4 is 21.6 Å². The van der Waals surface area contributed by atoms with Crippen LogP contribution in [0.25, 0.3) is 0 Å². The van der Waals surface area contributed by atoms with Crippen LogP contribution in [0, 0.1) is 0 Å². The highest BCUT2D eigenvalue weighted by molar-refractivity contribution is 7.89. The van der Waals surface area contributed by atoms with Gasteiger partial charge in [-0.15, -0.1) is 0 Å². The van der Waals surface area contributed by atoms with Gasteiger partial charge in [0, 0.05) is 31.9 Å². The molecule has 10 nitrogen and oxygen atoms in total. The maximum absolute atomic E-state index is 13.2. The van der Waals surface area contributed by atoms with Crippen LogP contribution in [0.15, 0.2) is 35.7 Å². The Kier molecular flexibility index (Phi) is 7.07. The highest BCUT2D eigenvalue weighted by atomic mass is 32.2. The average molecular weight is 463 g/mol. The zero-order chi connectivity index (χ0) is 22.6. The minimum absolute atomic E-state index is 0.0911. The van der Waals surface area contributed by atoms with E-state index in [9.17, 15) is 13.2 Å². The number of methoxy groups -OCH3 is 1. The van der Waals surface area contributed by atoms with Gasteiger partial charge in [-0.2, -0.15) is 9.40 Å². The summed E-state index contributed by atoms with van der Waals surface area (Å²) in [6.45, 7) is 2.84. The molecule has 1 amide bonds. The number of anilines is 1. The number of benzene rings is 1. The van der Waals surface area contributed by atoms with Crippen molar-refractivity contribution in [1.82, 2.24) is 24.0 Å². The van der Waals surface area contributed by atoms with Crippen LogP contribution < -0.4 is 10.1 Å². The normalized spacial score (nSPS) is 19.0. The lowest BCUT2D eigenvalue weighted by atomic mass is 10.1. The van der Waals surface area contributed by atoms with E-state index >= 15 is 0 Å². The van der Waals surface area contributed by atoms with Gasteiger partial charge in [-0.05, 0) is 43.9 Å². The monoisotopic (exact) mass is 462 g/mol. The molecule has 0 saturated carbocycles. The number of aromatic nitrogens is 3. The zero-order valence-corrected chi connectivity index (χ0v) is 19.1. The second-order valence-corrected chi connectivity index (χ2v) is 10.2. The summed E-state index contributed by atoms with van der Waals surface area (Å²) < 4.78 is 35.0. The van der Waals surface area contributed by atoms with E-state index in [4.69, 9.17) is 4.74 Å². The highest BCUT2D eigenvalue weighted by Gasteiger charge is 2.29. The fraction of sp³-hybridized carbons (Fsp3) is 0.571. The SMILES string of the molecule is COc1ccc(NC(=O)CN2CCC(n3cncn3)CC2)cc1S(=O)(=O)N1CCCCC1. The van der Waals surface area contributed by atoms with Crippen molar-refractivity contribution in [2.75, 3.05) is 45.2 Å². The Morgan fingerprint density at radius 2 is 1.91 bits per heavy atom. The van der Waals surface area contributed by atoms with E-state index in [-0.39, 0.29) is 23.1 Å². The molecule has 2 aliphatic heterocycles. The number of hydrogen-bond acceptors (Lipinski definition) is 7. The summed E-state index contributed by atoms with van der Waals surface area (Å²) in [5.74, 6) is 0.111. The fourth-order valence-electron chi connectivity index (χ4n) is 4.35. The van der Waals surface area contributed by atoms with Crippen molar-refractivity contribution in [2.24, 2.45) is 0 Å². The number of carbonyl (C=O) groups excluding carboxylic acids is 1. The van der Waals surface area contributed by atoms with Gasteiger partial charge in [0.2, 0.25) is 15.9 Å². The number of rotatable bonds is 7. The molecular formula is C21H30N6O4S. The minimum atomic E-state index is -3.68. The first kappa shape index (κ1) is 22.7. The molecule has 0 bridgehead atoms. The van der Waals surface area contributed by atoms with E-state index in [1.54, 1.807) is 18.5 Å². The molecule has 1 N–H and O–H groups in total. The summed E-state index contributed by atoms with van der Waals surface area (Å²) in [5, 5.41) is 7.05. The van der Waals surface area contributed by atoms with Crippen LogP contribution in [0.4, 0.5) is 5.69 Å². The van der Waals surface area contributed by atoms with Crippen molar-refractivity contribution in [2.45, 2.75) is 43.0 Å². The quantitative estimate of drug-likeness (QED) is 0.667. The molecule has 0 spiro atoms. The van der Waals surface area contributed by atoms with Gasteiger partial charge in [-0.3, -0.25) is 9.69 Å². The van der Waals surface area contributed by atoms with E-state index in [0.717, 1.165) is 45.2 Å². The molecule has 4 rings (SSSR count). The third kappa shape index (κ3) is 5.11. The molecule has 3 heterocycles. The lowest BCUT2D eigenvalue weighted by Crippen LogP contribution is -2.39. The predicted octanol–water partition coefficient (Wildman–Crippen LogP) is 1.74. The summed E-state index contributed by atoms with van der Waals surface area (Å²) in [7, 11) is -2.23. The topological polar surface area (TPSA) is 110 Å². The molecule has 0 atom stereocenters. The van der Waals surface area contributed by atoms with Crippen LogP contribution in [-0.4, -0.2) is 78.1 Å². The van der Waals surface area contributed by atoms with Crippen LogP contribution in [-0.2, 0) is 14.8 Å². The molecule has 174 valence electrons. The Morgan fingerprint density at radius 1 is 1.16 bits per heavy atom. The fourth-order valence-corrected chi connectivity index (χ4v) is 6.05. The van der Waals surface area contributed by atoms with Crippen LogP contribution in [0.2, 0.25) is 0 Å². The standard InChI is InChI=1S/C21H30N6O4S/c1-31-19-6-5-17(13-20(19)32(29,30)26-9-3-2-4-10-26)24-21(28)14-25-11-7-18(8-12-25)27-16-22-15-23-27/h5-6,13,15-16,18H,2-4,7-12,14H2,1H3,(H,24,28). The number of piperidine rings is 2. The van der Waals surface area contributed by atoms with Crippen molar-refractivity contribution in [3.05, 3.63) is 30.9 Å². The smallest absolute Gasteiger partial charge is 0.246 e. The maximum Gasteiger partial charge on any atom is 0.246 e. The van der Waals surface area contributed by atoms with Crippen LogP contribution in [0.1, 0.15) is 38.1 Å². The molecule has 0 aliphatic carbocycles. The Balaban J connectivity index is 1.39. The first-order valence-corrected chi connectivity index (χ1v) is 12.5. The van der Waals surface area contributed by atoms with E-state index in [1.807, 2.05) is 4.68 Å². The Morgan fingerprint density at radius 3 is 2.56 bits per heavy atom. The van der Waals surface area contributed by atoms with Gasteiger partial charge in [0.05, 0.1) is 19.7 Å². The van der Waals surface area contributed by atoms with E-state index in [0.29, 0.717) is 24.8 Å².